The van der Waals surface area contributed by atoms with E-state index < -0.39 is 22.2 Å². The van der Waals surface area contributed by atoms with Gasteiger partial charge < -0.3 is 20.6 Å². The molecule has 0 heterocycles. The lowest BCUT2D eigenvalue weighted by molar-refractivity contribution is 0.103. The van der Waals surface area contributed by atoms with Crippen LogP contribution in [-0.4, -0.2) is 29.3 Å². The van der Waals surface area contributed by atoms with Crippen LogP contribution in [0.2, 0.25) is 0 Å². The highest BCUT2D eigenvalue weighted by Crippen LogP contribution is 2.11. The van der Waals surface area contributed by atoms with Crippen LogP contribution in [0, 0.1) is 10.8 Å². The van der Waals surface area contributed by atoms with E-state index in [1.807, 2.05) is 0 Å². The quantitative estimate of drug-likeness (QED) is 0.321. The van der Waals surface area contributed by atoms with Gasteiger partial charge in [0.1, 0.15) is 11.1 Å². The summed E-state index contributed by atoms with van der Waals surface area (Å²) < 4.78 is 34.1. The molecule has 0 aliphatic heterocycles. The summed E-state index contributed by atoms with van der Waals surface area (Å²) in [5.41, 5.74) is 11.9. The van der Waals surface area contributed by atoms with E-state index in [0.29, 0.717) is 11.4 Å². The second-order valence-corrected chi connectivity index (χ2v) is 5.21. The molecule has 2 aromatic carbocycles. The van der Waals surface area contributed by atoms with Crippen LogP contribution in [-0.2, 0) is 10.4 Å². The smallest absolute Gasteiger partial charge is 0.595 e. The van der Waals surface area contributed by atoms with Crippen LogP contribution in [0.5, 0.6) is 0 Å². The number of anilines is 2. The number of nitrogens with zero attached hydrogens (tertiary/aromatic N) is 4. The predicted molar refractivity (Wildman–Crippen MR) is 91.0 cm³/mol. The Morgan fingerprint density at radius 2 is 1.04 bits per heavy atom. The first-order valence-electron chi connectivity index (χ1n) is 6.65. The van der Waals surface area contributed by atoms with Gasteiger partial charge in [-0.25, -0.2) is 0 Å². The Bertz CT molecular complexity index is 934. The van der Waals surface area contributed by atoms with Crippen LogP contribution in [0.1, 0.15) is 20.7 Å². The number of hydrogen-bond donors (Lipinski definition) is 2. The van der Waals surface area contributed by atoms with Gasteiger partial charge in [-0.1, -0.05) is 24.3 Å². The summed E-state index contributed by atoms with van der Waals surface area (Å²) >= 11 is 0. The summed E-state index contributed by atoms with van der Waals surface area (Å²) in [5.74, 6) is -1.44. The zero-order valence-corrected chi connectivity index (χ0v) is 14.2. The van der Waals surface area contributed by atoms with Crippen molar-refractivity contribution in [3.05, 3.63) is 69.6 Å². The third kappa shape index (κ3) is 9.85. The molecule has 0 fully saturated rings. The van der Waals surface area contributed by atoms with Crippen molar-refractivity contribution in [3.63, 3.8) is 0 Å². The van der Waals surface area contributed by atoms with Crippen molar-refractivity contribution in [2.45, 2.75) is 0 Å². The number of rotatable bonds is 2. The highest BCUT2D eigenvalue weighted by Gasteiger charge is 2.20. The van der Waals surface area contributed by atoms with E-state index in [9.17, 15) is 9.59 Å². The van der Waals surface area contributed by atoms with Crippen molar-refractivity contribution in [2.75, 3.05) is 11.5 Å². The molecule has 2 aromatic rings. The number of nitrogen functional groups attached to an aromatic ring is 2. The minimum absolute atomic E-state index is 0.218. The highest BCUT2D eigenvalue weighted by molar-refractivity contribution is 7.79. The average molecular weight is 392 g/mol. The van der Waals surface area contributed by atoms with E-state index in [-0.39, 0.29) is 11.1 Å². The third-order valence-electron chi connectivity index (χ3n) is 2.56. The lowest BCUT2D eigenvalue weighted by Crippen LogP contribution is -1.97. The Balaban J connectivity index is 0.000000405. The molecule has 2 rings (SSSR count). The van der Waals surface area contributed by atoms with Crippen LogP contribution in [0.3, 0.4) is 0 Å². The zero-order chi connectivity index (χ0) is 21.0. The standard InChI is InChI=1S/2C7H5N3O.H2O4S/c2*8-6-4-2-1-3-5(6)7(11)10-9;1-5(2,3)4/h2*1-4H,(H-,8,11);(H2,1,2,3,4). The van der Waals surface area contributed by atoms with Gasteiger partial charge in [-0.2, -0.15) is 9.59 Å². The van der Waals surface area contributed by atoms with Crippen molar-refractivity contribution in [1.82, 2.24) is 0 Å². The van der Waals surface area contributed by atoms with E-state index in [1.54, 1.807) is 36.4 Å². The first-order chi connectivity index (χ1) is 12.5. The van der Waals surface area contributed by atoms with Gasteiger partial charge in [0.05, 0.1) is 11.4 Å². The fourth-order valence-corrected chi connectivity index (χ4v) is 1.49. The number of carbonyl (C=O) groups excluding carboxylic acids is 2. The van der Waals surface area contributed by atoms with Crippen molar-refractivity contribution in [1.29, 1.82) is 10.8 Å². The molecule has 0 saturated carbocycles. The Labute approximate surface area is 153 Å². The van der Waals surface area contributed by atoms with Gasteiger partial charge in [0.15, 0.2) is 0 Å². The average Bonchev–Trinajstić information content (AvgIpc) is 2.60. The maximum absolute atomic E-state index is 10.7. The molecule has 0 radical (unpaired) electrons. The van der Waals surface area contributed by atoms with Gasteiger partial charge in [-0.05, 0) is 24.3 Å². The molecular formula is C14H12N6O6S. The zero-order valence-electron chi connectivity index (χ0n) is 13.4. The van der Waals surface area contributed by atoms with Crippen LogP contribution in [0.25, 0.3) is 9.95 Å². The largest absolute Gasteiger partial charge is 0.759 e. The normalized spacial score (nSPS) is 9.19. The van der Waals surface area contributed by atoms with E-state index in [1.165, 1.54) is 12.1 Å². The molecule has 0 unspecified atom stereocenters. The van der Waals surface area contributed by atoms with Gasteiger partial charge >= 0.3 is 11.8 Å². The number of nitrogens with two attached hydrogens (primary N) is 2. The summed E-state index contributed by atoms with van der Waals surface area (Å²) in [4.78, 5) is 26.5. The van der Waals surface area contributed by atoms with E-state index in [0.717, 1.165) is 0 Å². The van der Waals surface area contributed by atoms with Crippen LogP contribution < -0.4 is 11.5 Å². The Morgan fingerprint density at radius 1 is 0.778 bits per heavy atom. The Morgan fingerprint density at radius 3 is 1.26 bits per heavy atom. The van der Waals surface area contributed by atoms with Crippen molar-refractivity contribution in [2.24, 2.45) is 0 Å². The van der Waals surface area contributed by atoms with Crippen LogP contribution in [0.4, 0.5) is 11.4 Å². The molecule has 0 spiro atoms. The lowest BCUT2D eigenvalue weighted by atomic mass is 10.2. The van der Waals surface area contributed by atoms with E-state index in [2.05, 4.69) is 9.95 Å². The van der Waals surface area contributed by atoms with E-state index >= 15 is 0 Å². The Kier molecular flexibility index (Phi) is 9.28. The first-order valence-corrected chi connectivity index (χ1v) is 7.99. The molecular weight excluding hydrogens is 380 g/mol. The molecule has 140 valence electrons. The molecule has 0 bridgehead atoms. The summed E-state index contributed by atoms with van der Waals surface area (Å²) in [5, 5.41) is 16.3. The monoisotopic (exact) mass is 392 g/mol. The second kappa shape index (κ2) is 10.9. The second-order valence-electron chi connectivity index (χ2n) is 4.39. The summed E-state index contributed by atoms with van der Waals surface area (Å²) in [6.45, 7) is 0. The molecule has 0 aliphatic rings. The molecule has 2 amide bonds. The minimum Gasteiger partial charge on any atom is -0.759 e. The summed E-state index contributed by atoms with van der Waals surface area (Å²) in [6, 6.07) is 12.8. The Hall–Kier alpha value is -3.91. The van der Waals surface area contributed by atoms with Crippen molar-refractivity contribution in [3.8, 4) is 0 Å². The summed E-state index contributed by atoms with van der Waals surface area (Å²) in [7, 11) is -5.17. The SMILES string of the molecule is N#[N+]C(=O)c1ccccc1N.N#[N+]C(=O)c1ccccc1N.O=S(=O)([O-])[O-]. The van der Waals surface area contributed by atoms with Crippen LogP contribution >= 0.6 is 0 Å². The predicted octanol–water partition coefficient (Wildman–Crippen LogP) is 1.19. The fraction of sp³-hybridized carbons (Fsp3) is 0. The molecule has 0 aromatic heterocycles. The van der Waals surface area contributed by atoms with Gasteiger partial charge in [0, 0.05) is 10.4 Å². The van der Waals surface area contributed by atoms with Gasteiger partial charge in [0.25, 0.3) is 0 Å². The third-order valence-corrected chi connectivity index (χ3v) is 2.56. The summed E-state index contributed by atoms with van der Waals surface area (Å²) in [6.07, 6.45) is 0. The molecule has 27 heavy (non-hydrogen) atoms. The van der Waals surface area contributed by atoms with E-state index in [4.69, 9.17) is 39.8 Å². The van der Waals surface area contributed by atoms with Crippen molar-refractivity contribution >= 4 is 33.6 Å². The van der Waals surface area contributed by atoms with Gasteiger partial charge in [-0.15, -0.1) is 0 Å². The number of amides is 2. The molecule has 0 atom stereocenters. The van der Waals surface area contributed by atoms with Crippen molar-refractivity contribution < 1.29 is 27.1 Å². The van der Waals surface area contributed by atoms with Crippen LogP contribution in [0.15, 0.2) is 48.5 Å². The number of carbonyl (C=O) groups is 2. The number of diazo groups is 2. The van der Waals surface area contributed by atoms with Gasteiger partial charge in [0.2, 0.25) is 20.7 Å². The maximum Gasteiger partial charge on any atom is 0.595 e. The minimum atomic E-state index is -5.17. The number of para-hydroxylation sites is 2. The molecule has 0 saturated heterocycles. The molecule has 12 nitrogen and oxygen atoms in total. The topological polar surface area (TPSA) is 223 Å². The number of benzene rings is 2. The fourth-order valence-electron chi connectivity index (χ4n) is 1.49. The highest BCUT2D eigenvalue weighted by atomic mass is 32.3. The molecule has 0 aliphatic carbocycles. The number of hydrogen-bond acceptors (Lipinski definition) is 10. The van der Waals surface area contributed by atoms with Gasteiger partial charge in [-0.3, -0.25) is 8.42 Å². The molecule has 13 heteroatoms. The molecule has 4 N–H and O–H groups in total. The lowest BCUT2D eigenvalue weighted by Gasteiger charge is -2.06. The first kappa shape index (κ1) is 23.1. The maximum atomic E-state index is 10.7.